The topological polar surface area (TPSA) is 51.8 Å². The van der Waals surface area contributed by atoms with E-state index in [9.17, 15) is 0 Å². The van der Waals surface area contributed by atoms with Crippen molar-refractivity contribution in [2.24, 2.45) is 0 Å². The number of allylic oxidation sites excluding steroid dienone is 3. The van der Waals surface area contributed by atoms with E-state index in [0.29, 0.717) is 23.4 Å². The van der Waals surface area contributed by atoms with Crippen molar-refractivity contribution in [1.29, 1.82) is 0 Å². The number of rotatable bonds is 4. The molecule has 0 saturated carbocycles. The van der Waals surface area contributed by atoms with E-state index >= 15 is 0 Å². The molecule has 0 fully saturated rings. The second kappa shape index (κ2) is 11.6. The van der Waals surface area contributed by atoms with Crippen molar-refractivity contribution < 1.29 is 4.42 Å². The van der Waals surface area contributed by atoms with Gasteiger partial charge in [0.2, 0.25) is 0 Å². The van der Waals surface area contributed by atoms with E-state index in [1.807, 2.05) is 17.8 Å². The Hall–Kier alpha value is -6.30. The molecule has 4 nitrogen and oxygen atoms in total. The molecule has 0 radical (unpaired) electrons. The number of aromatic nitrogens is 3. The monoisotopic (exact) mass is 683 g/mol. The molecule has 9 aromatic rings. The summed E-state index contributed by atoms with van der Waals surface area (Å²) in [5.74, 6) is 2.19. The van der Waals surface area contributed by atoms with E-state index in [1.165, 1.54) is 26.8 Å². The molecule has 2 atom stereocenters. The van der Waals surface area contributed by atoms with Gasteiger partial charge in [0.25, 0.3) is 0 Å². The van der Waals surface area contributed by atoms with E-state index in [-0.39, 0.29) is 5.25 Å². The maximum Gasteiger partial charge on any atom is 0.164 e. The van der Waals surface area contributed by atoms with Gasteiger partial charge in [-0.25, -0.2) is 15.0 Å². The number of fused-ring (bicyclic) bond motifs is 8. The Morgan fingerprint density at radius 3 is 1.90 bits per heavy atom. The van der Waals surface area contributed by atoms with E-state index < -0.39 is 0 Å². The number of hydrogen-bond donors (Lipinski definition) is 0. The van der Waals surface area contributed by atoms with Gasteiger partial charge in [0.05, 0.1) is 0 Å². The average Bonchev–Trinajstić information content (AvgIpc) is 3.79. The summed E-state index contributed by atoms with van der Waals surface area (Å²) < 4.78 is 6.81. The minimum atomic E-state index is 0.265. The third-order valence-electron chi connectivity index (χ3n) is 10.5. The highest BCUT2D eigenvalue weighted by Gasteiger charge is 2.37. The van der Waals surface area contributed by atoms with Gasteiger partial charge in [0.1, 0.15) is 11.2 Å². The van der Waals surface area contributed by atoms with E-state index in [0.717, 1.165) is 55.0 Å². The van der Waals surface area contributed by atoms with Crippen LogP contribution >= 0.6 is 11.8 Å². The third kappa shape index (κ3) is 4.66. The zero-order valence-corrected chi connectivity index (χ0v) is 28.7. The largest absolute Gasteiger partial charge is 0.455 e. The lowest BCUT2D eigenvalue weighted by Gasteiger charge is -2.23. The minimum Gasteiger partial charge on any atom is -0.455 e. The first-order chi connectivity index (χ1) is 25.7. The summed E-state index contributed by atoms with van der Waals surface area (Å²) in [5, 5.41) is 6.95. The van der Waals surface area contributed by atoms with Crippen molar-refractivity contribution >= 4 is 60.8 Å². The number of hydrogen-bond acceptors (Lipinski definition) is 5. The smallest absolute Gasteiger partial charge is 0.164 e. The summed E-state index contributed by atoms with van der Waals surface area (Å²) in [6, 6.07) is 51.1. The lowest BCUT2D eigenvalue weighted by molar-refractivity contribution is 0.667. The summed E-state index contributed by atoms with van der Waals surface area (Å²) in [6.45, 7) is 0. The number of para-hydroxylation sites is 1. The summed E-state index contributed by atoms with van der Waals surface area (Å²) in [6.07, 6.45) is 6.81. The molecule has 0 amide bonds. The summed E-state index contributed by atoms with van der Waals surface area (Å²) >= 11 is 1.95. The van der Waals surface area contributed by atoms with Crippen LogP contribution in [0.25, 0.3) is 83.2 Å². The van der Waals surface area contributed by atoms with Crippen LogP contribution in [0.1, 0.15) is 17.0 Å². The van der Waals surface area contributed by atoms with E-state index in [1.54, 1.807) is 0 Å². The van der Waals surface area contributed by atoms with Gasteiger partial charge in [0, 0.05) is 49.1 Å². The Morgan fingerprint density at radius 1 is 0.538 bits per heavy atom. The predicted octanol–water partition coefficient (Wildman–Crippen LogP) is 12.3. The van der Waals surface area contributed by atoms with Crippen LogP contribution in [-0.2, 0) is 0 Å². The standard InChI is InChI=1S/C47H29N3OS/c1-3-12-30-26-32(22-20-28(30)10-1)45-48-46(33-23-21-29-11-2-4-13-31(29)27-33)50-47(49-45)39-25-24-35(43-42(39)38-15-5-7-18-40(38)51-43)37-17-9-16-36-34-14-6-8-19-41(34)52-44(36)37/h1-27,36,44H. The van der Waals surface area contributed by atoms with E-state index in [4.69, 9.17) is 19.4 Å². The first-order valence-electron chi connectivity index (χ1n) is 17.6. The van der Waals surface area contributed by atoms with Gasteiger partial charge in [-0.3, -0.25) is 0 Å². The molecule has 1 aliphatic heterocycles. The predicted molar refractivity (Wildman–Crippen MR) is 214 cm³/mol. The second-order valence-corrected chi connectivity index (χ2v) is 14.7. The molecule has 0 saturated heterocycles. The Morgan fingerprint density at radius 2 is 1.15 bits per heavy atom. The van der Waals surface area contributed by atoms with Crippen LogP contribution in [0.4, 0.5) is 0 Å². The van der Waals surface area contributed by atoms with Crippen LogP contribution in [0.5, 0.6) is 0 Å². The van der Waals surface area contributed by atoms with E-state index in [2.05, 4.69) is 158 Å². The summed E-state index contributed by atoms with van der Waals surface area (Å²) in [7, 11) is 0. The zero-order chi connectivity index (χ0) is 34.2. The van der Waals surface area contributed by atoms with Gasteiger partial charge in [-0.2, -0.15) is 0 Å². The average molecular weight is 684 g/mol. The number of benzene rings is 7. The molecule has 0 N–H and O–H groups in total. The first-order valence-corrected chi connectivity index (χ1v) is 18.5. The molecule has 2 aliphatic rings. The van der Waals surface area contributed by atoms with Crippen LogP contribution in [0, 0.1) is 0 Å². The van der Waals surface area contributed by atoms with Crippen LogP contribution in [0.15, 0.2) is 173 Å². The molecule has 3 heterocycles. The van der Waals surface area contributed by atoms with Crippen LogP contribution in [-0.4, -0.2) is 20.2 Å². The van der Waals surface area contributed by atoms with Crippen molar-refractivity contribution in [2.45, 2.75) is 16.1 Å². The molecule has 2 unspecified atom stereocenters. The first kappa shape index (κ1) is 29.4. The molecular weight excluding hydrogens is 655 g/mol. The van der Waals surface area contributed by atoms with Crippen molar-refractivity contribution in [2.75, 3.05) is 0 Å². The van der Waals surface area contributed by atoms with Gasteiger partial charge < -0.3 is 4.42 Å². The maximum atomic E-state index is 6.81. The fraction of sp³-hybridized carbons (Fsp3) is 0.0426. The second-order valence-electron chi connectivity index (χ2n) is 13.5. The Labute approximate surface area is 304 Å². The third-order valence-corrected chi connectivity index (χ3v) is 11.9. The van der Waals surface area contributed by atoms with Crippen LogP contribution < -0.4 is 0 Å². The Balaban J connectivity index is 1.14. The molecule has 0 bridgehead atoms. The van der Waals surface area contributed by atoms with Gasteiger partial charge in [-0.1, -0.05) is 133 Å². The lowest BCUT2D eigenvalue weighted by Crippen LogP contribution is -2.13. The number of furan rings is 1. The zero-order valence-electron chi connectivity index (χ0n) is 27.9. The lowest BCUT2D eigenvalue weighted by atomic mass is 9.84. The van der Waals surface area contributed by atoms with Gasteiger partial charge in [0.15, 0.2) is 17.5 Å². The fourth-order valence-electron chi connectivity index (χ4n) is 7.97. The summed E-state index contributed by atoms with van der Waals surface area (Å²) in [5.41, 5.74) is 8.27. The molecule has 11 rings (SSSR count). The highest BCUT2D eigenvalue weighted by atomic mass is 32.2. The summed E-state index contributed by atoms with van der Waals surface area (Å²) in [4.78, 5) is 16.9. The number of nitrogens with zero attached hydrogens (tertiary/aromatic N) is 3. The SMILES string of the molecule is C1=CC2c3ccccc3SC2C(c2ccc(-c3nc(-c4ccc5ccccc5c4)nc(-c4ccc5ccccc5c4)n3)c3c2oc2ccccc23)=C1. The van der Waals surface area contributed by atoms with Crippen LogP contribution in [0.3, 0.4) is 0 Å². The van der Waals surface area contributed by atoms with Gasteiger partial charge >= 0.3 is 0 Å². The molecular formula is C47H29N3OS. The maximum absolute atomic E-state index is 6.81. The number of thioether (sulfide) groups is 1. The van der Waals surface area contributed by atoms with Gasteiger partial charge in [-0.15, -0.1) is 11.8 Å². The normalized spacial score (nSPS) is 16.4. The van der Waals surface area contributed by atoms with Gasteiger partial charge in [-0.05, 0) is 63.0 Å². The minimum absolute atomic E-state index is 0.265. The highest BCUT2D eigenvalue weighted by Crippen LogP contribution is 2.54. The fourth-order valence-corrected chi connectivity index (χ4v) is 9.46. The Kier molecular flexibility index (Phi) is 6.58. The molecule has 52 heavy (non-hydrogen) atoms. The molecule has 1 aliphatic carbocycles. The van der Waals surface area contributed by atoms with Crippen molar-refractivity contribution in [3.8, 4) is 34.2 Å². The van der Waals surface area contributed by atoms with Crippen molar-refractivity contribution in [1.82, 2.24) is 15.0 Å². The Bertz CT molecular complexity index is 2880. The highest BCUT2D eigenvalue weighted by molar-refractivity contribution is 8.00. The molecule has 2 aromatic heterocycles. The molecule has 244 valence electrons. The molecule has 5 heteroatoms. The van der Waals surface area contributed by atoms with Crippen LogP contribution in [0.2, 0.25) is 0 Å². The quantitative estimate of drug-likeness (QED) is 0.185. The van der Waals surface area contributed by atoms with Crippen molar-refractivity contribution in [3.63, 3.8) is 0 Å². The van der Waals surface area contributed by atoms with Crippen molar-refractivity contribution in [3.05, 3.63) is 175 Å². The molecule has 0 spiro atoms. The molecule has 7 aromatic carbocycles.